The fourth-order valence-corrected chi connectivity index (χ4v) is 1.66. The van der Waals surface area contributed by atoms with Gasteiger partial charge in [0, 0.05) is 17.0 Å². The van der Waals surface area contributed by atoms with Gasteiger partial charge < -0.3 is 11.1 Å². The lowest BCUT2D eigenvalue weighted by Gasteiger charge is -2.16. The number of amides is 1. The summed E-state index contributed by atoms with van der Waals surface area (Å²) < 4.78 is 24.9. The summed E-state index contributed by atoms with van der Waals surface area (Å²) in [5.74, 6) is -0.599. The monoisotopic (exact) mass is 283 g/mol. The van der Waals surface area contributed by atoms with Crippen molar-refractivity contribution in [3.63, 3.8) is 0 Å². The highest BCUT2D eigenvalue weighted by atomic mass is 19.3. The smallest absolute Gasteiger partial charge is 0.263 e. The Labute approximate surface area is 114 Å². The zero-order valence-corrected chi connectivity index (χ0v) is 10.7. The van der Waals surface area contributed by atoms with Gasteiger partial charge in [-0.25, -0.2) is 8.78 Å². The van der Waals surface area contributed by atoms with Crippen molar-refractivity contribution in [1.29, 1.82) is 0 Å². The lowest BCUT2D eigenvalue weighted by molar-refractivity contribution is -0.120. The Morgan fingerprint density at radius 3 is 2.45 bits per heavy atom. The summed E-state index contributed by atoms with van der Waals surface area (Å²) in [5.41, 5.74) is 13.8. The van der Waals surface area contributed by atoms with Crippen LogP contribution in [0.4, 0.5) is 8.78 Å². The first-order valence-electron chi connectivity index (χ1n) is 5.98. The third-order valence-electron chi connectivity index (χ3n) is 2.65. The Balaban J connectivity index is 2.65. The van der Waals surface area contributed by atoms with Crippen molar-refractivity contribution in [3.8, 4) is 0 Å². The summed E-state index contributed by atoms with van der Waals surface area (Å²) in [6, 6.07) is 4.65. The maximum Gasteiger partial charge on any atom is 0.263 e. The summed E-state index contributed by atoms with van der Waals surface area (Å²) in [4.78, 5) is 14.0. The third-order valence-corrected chi connectivity index (χ3v) is 2.65. The molecular formula is C12H15F2N5O. The molecule has 0 spiro atoms. The van der Waals surface area contributed by atoms with Crippen molar-refractivity contribution in [3.05, 3.63) is 45.8 Å². The van der Waals surface area contributed by atoms with E-state index in [9.17, 15) is 13.6 Å². The van der Waals surface area contributed by atoms with Gasteiger partial charge >= 0.3 is 0 Å². The van der Waals surface area contributed by atoms with Crippen molar-refractivity contribution < 1.29 is 13.6 Å². The first kappa shape index (κ1) is 15.9. The number of nitrogens with one attached hydrogen (secondary N) is 1. The largest absolute Gasteiger partial charge is 0.368 e. The number of rotatable bonds is 8. The molecular weight excluding hydrogens is 268 g/mol. The molecule has 1 aromatic rings. The van der Waals surface area contributed by atoms with Gasteiger partial charge in [-0.05, 0) is 24.1 Å². The maximum absolute atomic E-state index is 12.4. The summed E-state index contributed by atoms with van der Waals surface area (Å²) in [5, 5.41) is 6.26. The molecule has 20 heavy (non-hydrogen) atoms. The SMILES string of the molecule is [N-]=[N+]=NCCCNC(C(N)=O)c1ccc(C(F)F)cc1. The maximum atomic E-state index is 12.4. The molecule has 0 radical (unpaired) electrons. The Hall–Kier alpha value is -2.18. The van der Waals surface area contributed by atoms with Crippen LogP contribution in [-0.4, -0.2) is 19.0 Å². The second-order valence-corrected chi connectivity index (χ2v) is 4.06. The minimum Gasteiger partial charge on any atom is -0.368 e. The zero-order valence-electron chi connectivity index (χ0n) is 10.7. The van der Waals surface area contributed by atoms with Crippen LogP contribution in [0.15, 0.2) is 29.4 Å². The van der Waals surface area contributed by atoms with Crippen LogP contribution in [0, 0.1) is 0 Å². The number of halogens is 2. The predicted molar refractivity (Wildman–Crippen MR) is 70.0 cm³/mol. The summed E-state index contributed by atoms with van der Waals surface area (Å²) in [7, 11) is 0. The van der Waals surface area contributed by atoms with Gasteiger partial charge in [0.05, 0.1) is 0 Å². The second-order valence-electron chi connectivity index (χ2n) is 4.06. The van der Waals surface area contributed by atoms with E-state index < -0.39 is 18.4 Å². The number of carbonyl (C=O) groups excluding carboxylic acids is 1. The van der Waals surface area contributed by atoms with Gasteiger partial charge in [-0.2, -0.15) is 0 Å². The van der Waals surface area contributed by atoms with E-state index in [1.807, 2.05) is 0 Å². The van der Waals surface area contributed by atoms with Crippen LogP contribution in [0.2, 0.25) is 0 Å². The molecule has 1 atom stereocenters. The van der Waals surface area contributed by atoms with Crippen molar-refractivity contribution in [1.82, 2.24) is 5.32 Å². The minimum absolute atomic E-state index is 0.111. The van der Waals surface area contributed by atoms with E-state index in [0.29, 0.717) is 25.1 Å². The van der Waals surface area contributed by atoms with Crippen LogP contribution in [0.1, 0.15) is 30.0 Å². The Morgan fingerprint density at radius 2 is 1.95 bits per heavy atom. The van der Waals surface area contributed by atoms with E-state index >= 15 is 0 Å². The normalized spacial score (nSPS) is 11.9. The molecule has 0 fully saturated rings. The number of nitrogens with zero attached hydrogens (tertiary/aromatic N) is 3. The molecule has 1 rings (SSSR count). The molecule has 0 aliphatic rings. The fourth-order valence-electron chi connectivity index (χ4n) is 1.66. The van der Waals surface area contributed by atoms with Gasteiger partial charge in [0.25, 0.3) is 6.43 Å². The molecule has 0 heterocycles. The Bertz CT molecular complexity index is 485. The number of alkyl halides is 2. The number of carbonyl (C=O) groups is 1. The molecule has 6 nitrogen and oxygen atoms in total. The second kappa shape index (κ2) is 8.08. The predicted octanol–water partition coefficient (Wildman–Crippen LogP) is 2.44. The highest BCUT2D eigenvalue weighted by Gasteiger charge is 2.17. The highest BCUT2D eigenvalue weighted by molar-refractivity contribution is 5.81. The summed E-state index contributed by atoms with van der Waals surface area (Å²) >= 11 is 0. The van der Waals surface area contributed by atoms with E-state index in [2.05, 4.69) is 15.3 Å². The van der Waals surface area contributed by atoms with Crippen molar-refractivity contribution in [2.75, 3.05) is 13.1 Å². The van der Waals surface area contributed by atoms with Crippen molar-refractivity contribution in [2.45, 2.75) is 18.9 Å². The molecule has 1 aromatic carbocycles. The Morgan fingerprint density at radius 1 is 1.35 bits per heavy atom. The van der Waals surface area contributed by atoms with Crippen LogP contribution >= 0.6 is 0 Å². The van der Waals surface area contributed by atoms with Crippen LogP contribution in [0.25, 0.3) is 10.4 Å². The number of nitrogens with two attached hydrogens (primary N) is 1. The van der Waals surface area contributed by atoms with Gasteiger partial charge in [-0.1, -0.05) is 29.4 Å². The summed E-state index contributed by atoms with van der Waals surface area (Å²) in [6.07, 6.45) is -2.00. The van der Waals surface area contributed by atoms with Crippen LogP contribution in [-0.2, 0) is 4.79 Å². The van der Waals surface area contributed by atoms with Crippen molar-refractivity contribution >= 4 is 5.91 Å². The van der Waals surface area contributed by atoms with Crippen LogP contribution in [0.3, 0.4) is 0 Å². The van der Waals surface area contributed by atoms with E-state index in [4.69, 9.17) is 11.3 Å². The van der Waals surface area contributed by atoms with E-state index in [-0.39, 0.29) is 5.56 Å². The van der Waals surface area contributed by atoms with E-state index in [1.54, 1.807) is 0 Å². The highest BCUT2D eigenvalue weighted by Crippen LogP contribution is 2.21. The molecule has 3 N–H and O–H groups in total. The molecule has 1 unspecified atom stereocenters. The van der Waals surface area contributed by atoms with Gasteiger partial charge in [0.2, 0.25) is 5.91 Å². The number of azide groups is 1. The lowest BCUT2D eigenvalue weighted by atomic mass is 10.0. The molecule has 0 aliphatic heterocycles. The first-order chi connectivity index (χ1) is 9.56. The third kappa shape index (κ3) is 4.83. The van der Waals surface area contributed by atoms with Crippen molar-refractivity contribution in [2.24, 2.45) is 10.8 Å². The number of primary amides is 1. The summed E-state index contributed by atoms with van der Waals surface area (Å²) in [6.45, 7) is 0.725. The van der Waals surface area contributed by atoms with E-state index in [0.717, 1.165) is 0 Å². The number of benzene rings is 1. The molecule has 0 aliphatic carbocycles. The molecule has 0 saturated heterocycles. The van der Waals surface area contributed by atoms with Gasteiger partial charge in [0.15, 0.2) is 0 Å². The zero-order chi connectivity index (χ0) is 15.0. The topological polar surface area (TPSA) is 104 Å². The molecule has 0 saturated carbocycles. The fraction of sp³-hybridized carbons (Fsp3) is 0.417. The molecule has 8 heteroatoms. The molecule has 108 valence electrons. The number of hydrogen-bond donors (Lipinski definition) is 2. The lowest BCUT2D eigenvalue weighted by Crippen LogP contribution is -2.34. The Kier molecular flexibility index (Phi) is 6.42. The van der Waals surface area contributed by atoms with Crippen LogP contribution < -0.4 is 11.1 Å². The standard InChI is InChI=1S/C12H15F2N5O/c13-11(14)9-4-2-8(3-5-9)10(12(15)20)17-6-1-7-18-19-16/h2-5,10-11,17H,1,6-7H2,(H2,15,20). The molecule has 0 bridgehead atoms. The van der Waals surface area contributed by atoms with E-state index in [1.165, 1.54) is 24.3 Å². The van der Waals surface area contributed by atoms with Gasteiger partial charge in [0.1, 0.15) is 6.04 Å². The molecule has 0 aromatic heterocycles. The van der Waals surface area contributed by atoms with Gasteiger partial charge in [-0.3, -0.25) is 4.79 Å². The average molecular weight is 283 g/mol. The van der Waals surface area contributed by atoms with Gasteiger partial charge in [-0.15, -0.1) is 0 Å². The first-order valence-corrected chi connectivity index (χ1v) is 5.98. The molecule has 1 amide bonds. The minimum atomic E-state index is -2.55. The quantitative estimate of drug-likeness (QED) is 0.331. The average Bonchev–Trinajstić information content (AvgIpc) is 2.42. The number of hydrogen-bond acceptors (Lipinski definition) is 3. The van der Waals surface area contributed by atoms with Crippen LogP contribution in [0.5, 0.6) is 0 Å².